The van der Waals surface area contributed by atoms with Crippen LogP contribution < -0.4 is 0 Å². The summed E-state index contributed by atoms with van der Waals surface area (Å²) in [7, 11) is 1.13. The zero-order valence-electron chi connectivity index (χ0n) is 9.47. The number of esters is 2. The second kappa shape index (κ2) is 5.12. The monoisotopic (exact) mass is 233 g/mol. The molecule has 0 heterocycles. The molecule has 0 aliphatic heterocycles. The molecule has 0 saturated carbocycles. The van der Waals surface area contributed by atoms with E-state index in [9.17, 15) is 9.59 Å². The molecule has 88 valence electrons. The number of nitrogens with zero attached hydrogens (tertiary/aromatic N) is 1. The third kappa shape index (κ3) is 2.42. The molecule has 0 N–H and O–H groups in total. The van der Waals surface area contributed by atoms with E-state index >= 15 is 0 Å². The molecule has 1 unspecified atom stereocenters. The van der Waals surface area contributed by atoms with E-state index in [1.807, 2.05) is 0 Å². The molecule has 0 bridgehead atoms. The Labute approximate surface area is 98.6 Å². The lowest BCUT2D eigenvalue weighted by atomic mass is 9.95. The fraction of sp³-hybridized carbons (Fsp3) is 0.250. The van der Waals surface area contributed by atoms with Gasteiger partial charge in [0, 0.05) is 12.5 Å². The van der Waals surface area contributed by atoms with Gasteiger partial charge in [0.1, 0.15) is 6.07 Å². The minimum absolute atomic E-state index is 0.254. The number of nitriles is 1. The van der Waals surface area contributed by atoms with Gasteiger partial charge in [0.05, 0.1) is 7.11 Å². The fourth-order valence-corrected chi connectivity index (χ4v) is 1.38. The maximum absolute atomic E-state index is 11.7. The van der Waals surface area contributed by atoms with E-state index in [4.69, 9.17) is 10.00 Å². The molecule has 1 aromatic rings. The number of rotatable bonds is 3. The zero-order valence-corrected chi connectivity index (χ0v) is 9.47. The zero-order chi connectivity index (χ0) is 12.9. The number of hydrogen-bond donors (Lipinski definition) is 0. The highest BCUT2D eigenvalue weighted by atomic mass is 16.6. The maximum Gasteiger partial charge on any atom is 0.370 e. The maximum atomic E-state index is 11.7. The summed E-state index contributed by atoms with van der Waals surface area (Å²) in [6, 6.07) is 9.71. The van der Waals surface area contributed by atoms with Gasteiger partial charge in [0.25, 0.3) is 0 Å². The van der Waals surface area contributed by atoms with Gasteiger partial charge in [-0.05, 0) is 0 Å². The smallest absolute Gasteiger partial charge is 0.370 e. The van der Waals surface area contributed by atoms with Crippen molar-refractivity contribution in [2.45, 2.75) is 12.5 Å². The van der Waals surface area contributed by atoms with E-state index in [1.54, 1.807) is 24.3 Å². The van der Waals surface area contributed by atoms with Crippen molar-refractivity contribution in [3.05, 3.63) is 35.9 Å². The van der Waals surface area contributed by atoms with E-state index in [2.05, 4.69) is 4.74 Å². The molecule has 1 aromatic carbocycles. The van der Waals surface area contributed by atoms with E-state index in [0.29, 0.717) is 0 Å². The van der Waals surface area contributed by atoms with E-state index in [1.165, 1.54) is 12.1 Å². The molecule has 0 aromatic heterocycles. The molecular formula is C12H11NO4. The Morgan fingerprint density at radius 2 is 1.88 bits per heavy atom. The van der Waals surface area contributed by atoms with E-state index in [-0.39, 0.29) is 5.56 Å². The normalized spacial score (nSPS) is 13.0. The Hall–Kier alpha value is -2.35. The highest BCUT2D eigenvalue weighted by Gasteiger charge is 2.45. The molecule has 5 heteroatoms. The van der Waals surface area contributed by atoms with Crippen LogP contribution in [0.15, 0.2) is 30.3 Å². The van der Waals surface area contributed by atoms with Gasteiger partial charge in [-0.25, -0.2) is 4.79 Å². The summed E-state index contributed by atoms with van der Waals surface area (Å²) >= 11 is 0. The van der Waals surface area contributed by atoms with Crippen LogP contribution in [0, 0.1) is 11.3 Å². The van der Waals surface area contributed by atoms with Crippen molar-refractivity contribution >= 4 is 11.9 Å². The molecule has 0 aliphatic rings. The first-order chi connectivity index (χ1) is 8.06. The lowest BCUT2D eigenvalue weighted by Crippen LogP contribution is -2.39. The third-order valence-corrected chi connectivity index (χ3v) is 2.11. The molecule has 1 atom stereocenters. The predicted molar refractivity (Wildman–Crippen MR) is 57.5 cm³/mol. The van der Waals surface area contributed by atoms with Crippen LogP contribution in [0.2, 0.25) is 0 Å². The van der Waals surface area contributed by atoms with Crippen molar-refractivity contribution in [3.63, 3.8) is 0 Å². The molecule has 0 saturated heterocycles. The van der Waals surface area contributed by atoms with Crippen molar-refractivity contribution < 1.29 is 19.1 Å². The Bertz CT molecular complexity index is 463. The minimum Gasteiger partial charge on any atom is -0.465 e. The first-order valence-electron chi connectivity index (χ1n) is 4.81. The molecular weight excluding hydrogens is 222 g/mol. The van der Waals surface area contributed by atoms with Crippen LogP contribution in [0.1, 0.15) is 12.5 Å². The standard InChI is InChI=1S/C12H11NO4/c1-9(14)17-12(8-13,11(15)16-2)10-6-4-3-5-7-10/h3-7H,1-2H3. The Morgan fingerprint density at radius 3 is 2.29 bits per heavy atom. The largest absolute Gasteiger partial charge is 0.465 e. The Balaban J connectivity index is 3.32. The summed E-state index contributed by atoms with van der Waals surface area (Å²) < 4.78 is 9.37. The van der Waals surface area contributed by atoms with Crippen LogP contribution in [0.5, 0.6) is 0 Å². The highest BCUT2D eigenvalue weighted by molar-refractivity contribution is 5.87. The minimum atomic E-state index is -2.04. The lowest BCUT2D eigenvalue weighted by molar-refractivity contribution is -0.173. The average molecular weight is 233 g/mol. The molecule has 5 nitrogen and oxygen atoms in total. The summed E-state index contributed by atoms with van der Waals surface area (Å²) in [5, 5.41) is 9.15. The quantitative estimate of drug-likeness (QED) is 0.732. The van der Waals surface area contributed by atoms with Crippen LogP contribution in [0.25, 0.3) is 0 Å². The first-order valence-corrected chi connectivity index (χ1v) is 4.81. The van der Waals surface area contributed by atoms with Crippen LogP contribution in [-0.4, -0.2) is 19.0 Å². The van der Waals surface area contributed by atoms with Gasteiger partial charge in [-0.3, -0.25) is 4.79 Å². The molecule has 17 heavy (non-hydrogen) atoms. The Morgan fingerprint density at radius 1 is 1.29 bits per heavy atom. The number of ether oxygens (including phenoxy) is 2. The van der Waals surface area contributed by atoms with Crippen molar-refractivity contribution in [2.24, 2.45) is 0 Å². The summed E-state index contributed by atoms with van der Waals surface area (Å²) in [5.74, 6) is -1.66. The van der Waals surface area contributed by atoms with Gasteiger partial charge in [0.2, 0.25) is 0 Å². The summed E-state index contributed by atoms with van der Waals surface area (Å²) in [6.07, 6.45) is 0. The third-order valence-electron chi connectivity index (χ3n) is 2.11. The van der Waals surface area contributed by atoms with Crippen LogP contribution >= 0.6 is 0 Å². The van der Waals surface area contributed by atoms with Gasteiger partial charge in [-0.15, -0.1) is 0 Å². The fourth-order valence-electron chi connectivity index (χ4n) is 1.38. The van der Waals surface area contributed by atoms with Crippen molar-refractivity contribution in [1.29, 1.82) is 5.26 Å². The molecule has 0 spiro atoms. The van der Waals surface area contributed by atoms with Gasteiger partial charge in [0.15, 0.2) is 0 Å². The van der Waals surface area contributed by atoms with Crippen molar-refractivity contribution in [1.82, 2.24) is 0 Å². The van der Waals surface area contributed by atoms with Crippen LogP contribution in [0.4, 0.5) is 0 Å². The number of methoxy groups -OCH3 is 1. The lowest BCUT2D eigenvalue weighted by Gasteiger charge is -2.23. The van der Waals surface area contributed by atoms with Crippen LogP contribution in [0.3, 0.4) is 0 Å². The summed E-state index contributed by atoms with van der Waals surface area (Å²) in [6.45, 7) is 1.12. The molecule has 0 amide bonds. The van der Waals surface area contributed by atoms with Gasteiger partial charge in [-0.2, -0.15) is 5.26 Å². The van der Waals surface area contributed by atoms with Crippen molar-refractivity contribution in [3.8, 4) is 6.07 Å². The molecule has 0 aliphatic carbocycles. The molecule has 0 radical (unpaired) electrons. The number of hydrogen-bond acceptors (Lipinski definition) is 5. The number of carbonyl (C=O) groups excluding carboxylic acids is 2. The highest BCUT2D eigenvalue weighted by Crippen LogP contribution is 2.26. The molecule has 1 rings (SSSR count). The second-order valence-corrected chi connectivity index (χ2v) is 3.24. The van der Waals surface area contributed by atoms with E-state index < -0.39 is 17.5 Å². The summed E-state index contributed by atoms with van der Waals surface area (Å²) in [5.41, 5.74) is -1.79. The topological polar surface area (TPSA) is 76.4 Å². The van der Waals surface area contributed by atoms with Gasteiger partial charge >= 0.3 is 17.5 Å². The summed E-state index contributed by atoms with van der Waals surface area (Å²) in [4.78, 5) is 22.7. The molecule has 0 fully saturated rings. The first kappa shape index (κ1) is 12.7. The van der Waals surface area contributed by atoms with Crippen molar-refractivity contribution in [2.75, 3.05) is 7.11 Å². The van der Waals surface area contributed by atoms with Crippen LogP contribution in [-0.2, 0) is 24.7 Å². The average Bonchev–Trinajstić information content (AvgIpc) is 2.35. The predicted octanol–water partition coefficient (Wildman–Crippen LogP) is 1.14. The second-order valence-electron chi connectivity index (χ2n) is 3.24. The number of carbonyl (C=O) groups is 2. The number of benzene rings is 1. The van der Waals surface area contributed by atoms with Gasteiger partial charge in [-0.1, -0.05) is 30.3 Å². The van der Waals surface area contributed by atoms with E-state index in [0.717, 1.165) is 14.0 Å². The SMILES string of the molecule is COC(=O)C(C#N)(OC(C)=O)c1ccccc1. The van der Waals surface area contributed by atoms with Gasteiger partial charge < -0.3 is 9.47 Å². The Kier molecular flexibility index (Phi) is 3.83.